The van der Waals surface area contributed by atoms with Crippen LogP contribution in [0.25, 0.3) is 0 Å². The second-order valence-corrected chi connectivity index (χ2v) is 8.25. The highest BCUT2D eigenvalue weighted by molar-refractivity contribution is 7.98. The average Bonchev–Trinajstić information content (AvgIpc) is 3.22. The summed E-state index contributed by atoms with van der Waals surface area (Å²) < 4.78 is 5.01. The maximum Gasteiger partial charge on any atom is 0.280 e. The van der Waals surface area contributed by atoms with E-state index in [4.69, 9.17) is 16.1 Å². The van der Waals surface area contributed by atoms with Gasteiger partial charge in [0.15, 0.2) is 0 Å². The predicted molar refractivity (Wildman–Crippen MR) is 111 cm³/mol. The van der Waals surface area contributed by atoms with Crippen molar-refractivity contribution in [3.8, 4) is 0 Å². The fourth-order valence-electron chi connectivity index (χ4n) is 3.20. The van der Waals surface area contributed by atoms with E-state index in [-0.39, 0.29) is 17.5 Å². The molecule has 0 saturated carbocycles. The second-order valence-electron chi connectivity index (χ2n) is 6.71. The fraction of sp³-hybridized carbons (Fsp3) is 0.400. The van der Waals surface area contributed by atoms with Gasteiger partial charge >= 0.3 is 0 Å². The van der Waals surface area contributed by atoms with Crippen LogP contribution in [-0.2, 0) is 17.0 Å². The van der Waals surface area contributed by atoms with Crippen molar-refractivity contribution in [1.82, 2.24) is 10.1 Å². The summed E-state index contributed by atoms with van der Waals surface area (Å²) in [5, 5.41) is 13.2. The number of hydrogen-bond donors (Lipinski definition) is 2. The number of likely N-dealkylation sites (tertiary alicyclic amines) is 1. The van der Waals surface area contributed by atoms with Crippen molar-refractivity contribution in [1.29, 1.82) is 0 Å². The Morgan fingerprint density at radius 2 is 2.25 bits per heavy atom. The van der Waals surface area contributed by atoms with E-state index in [2.05, 4.69) is 5.16 Å². The molecule has 1 fully saturated rings. The molecule has 0 bridgehead atoms. The van der Waals surface area contributed by atoms with Gasteiger partial charge in [-0.2, -0.15) is 16.9 Å². The molecule has 1 saturated heterocycles. The Morgan fingerprint density at radius 1 is 1.39 bits per heavy atom. The van der Waals surface area contributed by atoms with E-state index >= 15 is 0 Å². The van der Waals surface area contributed by atoms with Gasteiger partial charge in [0, 0.05) is 36.2 Å². The van der Waals surface area contributed by atoms with Gasteiger partial charge in [0.1, 0.15) is 5.76 Å². The standard InChI is InChI=1S/C20H23ClN2O4S/c21-15-3-1-2-14(10-15)11-17(24)6-4-16-5-7-20(26)23(16)8-9-28-13-18-12-19(25)22-27-18/h1-4,6,10,12,16-17,24H,5,7-9,11,13H2,(H,22,25)/b6-4+/t16-,17+/m0/s1. The number of aromatic amines is 1. The molecule has 2 atom stereocenters. The van der Waals surface area contributed by atoms with Gasteiger partial charge in [0.05, 0.1) is 17.9 Å². The Bertz CT molecular complexity index is 879. The first-order valence-electron chi connectivity index (χ1n) is 9.16. The zero-order valence-electron chi connectivity index (χ0n) is 15.3. The SMILES string of the molecule is O=C1CC[C@H](/C=C/[C@@H](O)Cc2cccc(Cl)c2)N1CCSCc1cc(=O)[nH]o1. The maximum atomic E-state index is 12.2. The van der Waals surface area contributed by atoms with Gasteiger partial charge < -0.3 is 14.5 Å². The molecule has 1 aromatic carbocycles. The fourth-order valence-corrected chi connectivity index (χ4v) is 4.23. The molecule has 1 aromatic heterocycles. The lowest BCUT2D eigenvalue weighted by molar-refractivity contribution is -0.128. The third kappa shape index (κ3) is 6.02. The van der Waals surface area contributed by atoms with Gasteiger partial charge in [-0.25, -0.2) is 0 Å². The van der Waals surface area contributed by atoms with Crippen LogP contribution in [0.2, 0.25) is 5.02 Å². The van der Waals surface area contributed by atoms with Crippen LogP contribution in [0.5, 0.6) is 0 Å². The molecule has 6 nitrogen and oxygen atoms in total. The first-order valence-corrected chi connectivity index (χ1v) is 10.7. The normalized spacial score (nSPS) is 18.3. The average molecular weight is 423 g/mol. The highest BCUT2D eigenvalue weighted by Crippen LogP contribution is 2.22. The molecule has 0 radical (unpaired) electrons. The predicted octanol–water partition coefficient (Wildman–Crippen LogP) is 3.01. The smallest absolute Gasteiger partial charge is 0.280 e. The summed E-state index contributed by atoms with van der Waals surface area (Å²) >= 11 is 7.58. The molecule has 0 aliphatic carbocycles. The number of H-pyrrole nitrogens is 1. The van der Waals surface area contributed by atoms with Crippen LogP contribution in [0.1, 0.15) is 24.2 Å². The monoisotopic (exact) mass is 422 g/mol. The molecule has 1 aliphatic heterocycles. The highest BCUT2D eigenvalue weighted by atomic mass is 35.5. The summed E-state index contributed by atoms with van der Waals surface area (Å²) in [5.74, 6) is 2.06. The number of nitrogens with zero attached hydrogens (tertiary/aromatic N) is 1. The van der Waals surface area contributed by atoms with E-state index in [1.165, 1.54) is 6.07 Å². The Labute approximate surface area is 172 Å². The van der Waals surface area contributed by atoms with E-state index in [9.17, 15) is 14.7 Å². The van der Waals surface area contributed by atoms with Crippen LogP contribution in [0.3, 0.4) is 0 Å². The molecule has 0 unspecified atom stereocenters. The molecule has 2 aromatic rings. The topological polar surface area (TPSA) is 86.5 Å². The van der Waals surface area contributed by atoms with E-state index in [0.717, 1.165) is 17.7 Å². The third-order valence-corrected chi connectivity index (χ3v) is 5.75. The van der Waals surface area contributed by atoms with E-state index in [1.54, 1.807) is 23.9 Å². The quantitative estimate of drug-likeness (QED) is 0.479. The first-order chi connectivity index (χ1) is 13.5. The van der Waals surface area contributed by atoms with Gasteiger partial charge in [-0.1, -0.05) is 35.9 Å². The van der Waals surface area contributed by atoms with E-state index in [0.29, 0.717) is 35.9 Å². The number of benzene rings is 1. The van der Waals surface area contributed by atoms with Crippen molar-refractivity contribution in [2.45, 2.75) is 37.2 Å². The van der Waals surface area contributed by atoms with Gasteiger partial charge in [-0.3, -0.25) is 9.59 Å². The van der Waals surface area contributed by atoms with Crippen molar-refractivity contribution in [3.05, 3.63) is 69.2 Å². The molecule has 150 valence electrons. The van der Waals surface area contributed by atoms with Gasteiger partial charge in [-0.15, -0.1) is 0 Å². The number of hydrogen-bond acceptors (Lipinski definition) is 5. The Kier molecular flexibility index (Phi) is 7.42. The molecular weight excluding hydrogens is 400 g/mol. The van der Waals surface area contributed by atoms with Crippen molar-refractivity contribution >= 4 is 29.3 Å². The van der Waals surface area contributed by atoms with Crippen molar-refractivity contribution < 1.29 is 14.4 Å². The van der Waals surface area contributed by atoms with Crippen LogP contribution in [0.15, 0.2) is 51.8 Å². The summed E-state index contributed by atoms with van der Waals surface area (Å²) in [5.41, 5.74) is 0.726. The minimum absolute atomic E-state index is 0.00676. The summed E-state index contributed by atoms with van der Waals surface area (Å²) in [6.45, 7) is 0.623. The van der Waals surface area contributed by atoms with Crippen LogP contribution in [0, 0.1) is 0 Å². The van der Waals surface area contributed by atoms with Gasteiger partial charge in [0.25, 0.3) is 5.56 Å². The molecular formula is C20H23ClN2O4S. The lowest BCUT2D eigenvalue weighted by Gasteiger charge is -2.22. The Morgan fingerprint density at radius 3 is 3.00 bits per heavy atom. The number of halogens is 1. The molecule has 28 heavy (non-hydrogen) atoms. The van der Waals surface area contributed by atoms with Gasteiger partial charge in [0.2, 0.25) is 5.91 Å². The summed E-state index contributed by atoms with van der Waals surface area (Å²) in [6.07, 6.45) is 4.83. The zero-order valence-corrected chi connectivity index (χ0v) is 16.9. The van der Waals surface area contributed by atoms with Crippen molar-refractivity contribution in [3.63, 3.8) is 0 Å². The number of aliphatic hydroxyl groups excluding tert-OH is 1. The lowest BCUT2D eigenvalue weighted by Crippen LogP contribution is -2.34. The van der Waals surface area contributed by atoms with Crippen molar-refractivity contribution in [2.75, 3.05) is 12.3 Å². The number of rotatable bonds is 9. The Hall–Kier alpha value is -1.96. The second kappa shape index (κ2) is 10.0. The van der Waals surface area contributed by atoms with E-state index in [1.807, 2.05) is 29.2 Å². The molecule has 3 rings (SSSR count). The molecule has 1 aliphatic rings. The summed E-state index contributed by atoms with van der Waals surface area (Å²) in [4.78, 5) is 25.0. The lowest BCUT2D eigenvalue weighted by atomic mass is 10.1. The summed E-state index contributed by atoms with van der Waals surface area (Å²) in [6, 6.07) is 8.87. The number of aliphatic hydroxyl groups is 1. The third-order valence-electron chi connectivity index (χ3n) is 4.56. The number of thioether (sulfide) groups is 1. The minimum atomic E-state index is -0.623. The molecule has 8 heteroatoms. The number of aromatic nitrogens is 1. The van der Waals surface area contributed by atoms with E-state index < -0.39 is 6.10 Å². The minimum Gasteiger partial charge on any atom is -0.389 e. The summed E-state index contributed by atoms with van der Waals surface area (Å²) in [7, 11) is 0. The number of amides is 1. The van der Waals surface area contributed by atoms with Gasteiger partial charge in [-0.05, 0) is 24.1 Å². The van der Waals surface area contributed by atoms with Crippen LogP contribution < -0.4 is 5.56 Å². The Balaban J connectivity index is 1.47. The van der Waals surface area contributed by atoms with Crippen molar-refractivity contribution in [2.24, 2.45) is 0 Å². The first kappa shape index (κ1) is 20.8. The van der Waals surface area contributed by atoms with Crippen LogP contribution in [0.4, 0.5) is 0 Å². The zero-order chi connectivity index (χ0) is 19.9. The number of carbonyl (C=O) groups excluding carboxylic acids is 1. The molecule has 0 spiro atoms. The number of carbonyl (C=O) groups is 1. The molecule has 2 heterocycles. The highest BCUT2D eigenvalue weighted by Gasteiger charge is 2.28. The molecule has 1 amide bonds. The largest absolute Gasteiger partial charge is 0.389 e. The molecule has 2 N–H and O–H groups in total. The van der Waals surface area contributed by atoms with Crippen LogP contribution in [-0.4, -0.2) is 45.5 Å². The maximum absolute atomic E-state index is 12.2. The van der Waals surface area contributed by atoms with Crippen LogP contribution >= 0.6 is 23.4 Å². The number of nitrogens with one attached hydrogen (secondary N) is 1.